The van der Waals surface area contributed by atoms with E-state index >= 15 is 0 Å². The lowest BCUT2D eigenvalue weighted by atomic mass is 9.84. The largest absolute Gasteiger partial charge is 0.292 e. The summed E-state index contributed by atoms with van der Waals surface area (Å²) >= 11 is 51.4. The average Bonchev–Trinajstić information content (AvgIpc) is 3.27. The number of benzene rings is 2. The molecule has 0 unspecified atom stereocenters. The summed E-state index contributed by atoms with van der Waals surface area (Å²) in [4.78, 5) is 50.4. The maximum Gasteiger partial charge on any atom is 0.273 e. The Morgan fingerprint density at radius 3 is 1.79 bits per heavy atom. The number of hydrogen-bond donors (Lipinski definition) is 0. The van der Waals surface area contributed by atoms with Crippen molar-refractivity contribution < 1.29 is 19.2 Å². The number of imide groups is 1. The molecular weight excluding hydrogens is 664 g/mol. The van der Waals surface area contributed by atoms with Gasteiger partial charge in [-0.2, -0.15) is 5.01 Å². The van der Waals surface area contributed by atoms with Gasteiger partial charge in [-0.3, -0.25) is 19.2 Å². The van der Waals surface area contributed by atoms with Crippen molar-refractivity contribution in [1.29, 1.82) is 0 Å². The predicted molar refractivity (Wildman–Crippen MR) is 147 cm³/mol. The molecule has 1 saturated carbocycles. The van der Waals surface area contributed by atoms with Gasteiger partial charge in [-0.1, -0.05) is 99.9 Å². The number of Topliss-reactive ketones (excluding diaryl/α,β-unsaturated/α-hetero) is 1. The van der Waals surface area contributed by atoms with E-state index < -0.39 is 56.0 Å². The highest BCUT2D eigenvalue weighted by Crippen LogP contribution is 2.77. The van der Waals surface area contributed by atoms with Crippen molar-refractivity contribution in [2.45, 2.75) is 14.1 Å². The van der Waals surface area contributed by atoms with Crippen LogP contribution in [-0.4, -0.2) is 54.1 Å². The minimum atomic E-state index is -2.15. The quantitative estimate of drug-likeness (QED) is 0.201. The Hall–Kier alpha value is -1.22. The third kappa shape index (κ3) is 3.55. The number of fused-ring (bicyclic) bond motifs is 5. The van der Waals surface area contributed by atoms with Crippen LogP contribution in [0.15, 0.2) is 58.6 Å². The summed E-state index contributed by atoms with van der Waals surface area (Å²) < 4.78 is -2.15. The minimum absolute atomic E-state index is 0.0390. The lowest BCUT2D eigenvalue weighted by Crippen LogP contribution is -2.56. The van der Waals surface area contributed by atoms with Crippen LogP contribution in [-0.2, 0) is 9.59 Å². The van der Waals surface area contributed by atoms with Crippen LogP contribution >= 0.6 is 92.8 Å². The van der Waals surface area contributed by atoms with Crippen molar-refractivity contribution in [2.24, 2.45) is 11.8 Å². The van der Waals surface area contributed by atoms with Gasteiger partial charge in [0.05, 0.1) is 31.9 Å². The molecule has 0 spiro atoms. The van der Waals surface area contributed by atoms with Gasteiger partial charge in [-0.15, -0.1) is 23.2 Å². The van der Waals surface area contributed by atoms with Crippen LogP contribution in [0, 0.1) is 11.8 Å². The van der Waals surface area contributed by atoms with E-state index in [9.17, 15) is 19.2 Å². The highest BCUT2D eigenvalue weighted by atomic mass is 35.5. The molecule has 2 fully saturated rings. The summed E-state index contributed by atoms with van der Waals surface area (Å²) in [5, 5.41) is 0.859. The zero-order valence-electron chi connectivity index (χ0n) is 18.5. The van der Waals surface area contributed by atoms with E-state index in [0.29, 0.717) is 10.0 Å². The topological polar surface area (TPSA) is 74.8 Å². The summed E-state index contributed by atoms with van der Waals surface area (Å²) in [6.45, 7) is -0.702. The zero-order chi connectivity index (χ0) is 27.9. The second-order valence-electron chi connectivity index (χ2n) is 8.85. The Balaban J connectivity index is 1.61. The van der Waals surface area contributed by atoms with E-state index in [1.807, 2.05) is 0 Å². The van der Waals surface area contributed by atoms with Crippen molar-refractivity contribution in [3.63, 3.8) is 0 Å². The Morgan fingerprint density at radius 2 is 1.29 bits per heavy atom. The van der Waals surface area contributed by atoms with Crippen LogP contribution in [0.25, 0.3) is 0 Å². The number of hydrazine groups is 1. The molecule has 6 nitrogen and oxygen atoms in total. The van der Waals surface area contributed by atoms with Crippen molar-refractivity contribution in [1.82, 2.24) is 10.0 Å². The molecule has 1 saturated heterocycles. The fourth-order valence-corrected chi connectivity index (χ4v) is 8.31. The number of halogens is 8. The van der Waals surface area contributed by atoms with E-state index in [4.69, 9.17) is 92.8 Å². The molecule has 4 atom stereocenters. The first-order valence-electron chi connectivity index (χ1n) is 10.8. The molecule has 2 bridgehead atoms. The first-order valence-corrected chi connectivity index (χ1v) is 13.8. The molecule has 38 heavy (non-hydrogen) atoms. The van der Waals surface area contributed by atoms with Gasteiger partial charge in [-0.25, -0.2) is 5.01 Å². The third-order valence-corrected chi connectivity index (χ3v) is 11.9. The predicted octanol–water partition coefficient (Wildman–Crippen LogP) is 6.68. The second kappa shape index (κ2) is 9.42. The molecule has 3 amide bonds. The van der Waals surface area contributed by atoms with Crippen LogP contribution in [0.5, 0.6) is 0 Å². The standard InChI is InChI=1S/C24H12Cl8N2O4/c25-12-7-6-11(8-13(12)26)19(36)33(9-14(35)10-4-2-1-3-5-10)34-20(37)15-16(21(34)38)23(30)18(28)17(27)22(15,29)24(23,31)32/h1-8,15-16H,9H2/t15-,16-,22-,23-/m1/s1. The van der Waals surface area contributed by atoms with Crippen molar-refractivity contribution in [3.05, 3.63) is 79.8 Å². The van der Waals surface area contributed by atoms with Crippen LogP contribution in [0.4, 0.5) is 0 Å². The van der Waals surface area contributed by atoms with Crippen LogP contribution in [0.1, 0.15) is 20.7 Å². The molecular formula is C24H12Cl8N2O4. The molecule has 2 aromatic carbocycles. The molecule has 2 aliphatic carbocycles. The zero-order valence-corrected chi connectivity index (χ0v) is 24.6. The Kier molecular flexibility index (Phi) is 7.02. The van der Waals surface area contributed by atoms with Crippen LogP contribution < -0.4 is 0 Å². The number of allylic oxidation sites excluding steroid dienone is 2. The first kappa shape index (κ1) is 28.3. The van der Waals surface area contributed by atoms with Gasteiger partial charge < -0.3 is 0 Å². The number of amides is 3. The normalized spacial score (nSPS) is 29.2. The Labute approximate surface area is 256 Å². The highest BCUT2D eigenvalue weighted by molar-refractivity contribution is 6.66. The van der Waals surface area contributed by atoms with E-state index in [2.05, 4.69) is 0 Å². The van der Waals surface area contributed by atoms with Gasteiger partial charge in [0.25, 0.3) is 17.7 Å². The molecule has 5 rings (SSSR count). The van der Waals surface area contributed by atoms with E-state index in [1.165, 1.54) is 30.3 Å². The number of nitrogens with zero attached hydrogens (tertiary/aromatic N) is 2. The van der Waals surface area contributed by atoms with Crippen molar-refractivity contribution in [2.75, 3.05) is 6.54 Å². The SMILES string of the molecule is O=C(CN(C(=O)c1ccc(Cl)c(Cl)c1)N1C(=O)[C@H]2[C@H](C1=O)[C@@]1(Cl)C(Cl)=C(Cl)[C@@]2(Cl)C1(Cl)Cl)c1ccccc1. The summed E-state index contributed by atoms with van der Waals surface area (Å²) in [5.41, 5.74) is 0.176. The molecule has 0 N–H and O–H groups in total. The number of carbonyl (C=O) groups is 4. The van der Waals surface area contributed by atoms with Gasteiger partial charge >= 0.3 is 0 Å². The van der Waals surface area contributed by atoms with Gasteiger partial charge in [0, 0.05) is 11.1 Å². The van der Waals surface area contributed by atoms with Crippen molar-refractivity contribution in [3.8, 4) is 0 Å². The minimum Gasteiger partial charge on any atom is -0.292 e. The number of hydrogen-bond acceptors (Lipinski definition) is 4. The molecule has 0 aromatic heterocycles. The molecule has 1 heterocycles. The van der Waals surface area contributed by atoms with Gasteiger partial charge in [0.15, 0.2) is 10.1 Å². The van der Waals surface area contributed by atoms with Crippen LogP contribution in [0.2, 0.25) is 10.0 Å². The fraction of sp³-hybridized carbons (Fsp3) is 0.250. The van der Waals surface area contributed by atoms with Crippen molar-refractivity contribution >= 4 is 116 Å². The van der Waals surface area contributed by atoms with E-state index in [0.717, 1.165) is 0 Å². The summed E-state index contributed by atoms with van der Waals surface area (Å²) in [7, 11) is 0. The Morgan fingerprint density at radius 1 is 0.763 bits per heavy atom. The summed E-state index contributed by atoms with van der Waals surface area (Å²) in [6, 6.07) is 11.9. The fourth-order valence-electron chi connectivity index (χ4n) is 5.08. The molecule has 198 valence electrons. The average molecular weight is 676 g/mol. The molecule has 0 radical (unpaired) electrons. The van der Waals surface area contributed by atoms with Gasteiger partial charge in [0.2, 0.25) is 0 Å². The lowest BCUT2D eigenvalue weighted by Gasteiger charge is -2.36. The highest BCUT2D eigenvalue weighted by Gasteiger charge is 2.88. The third-order valence-electron chi connectivity index (χ3n) is 6.92. The number of carbonyl (C=O) groups excluding carboxylic acids is 4. The lowest BCUT2D eigenvalue weighted by molar-refractivity contribution is -0.154. The smallest absolute Gasteiger partial charge is 0.273 e. The van der Waals surface area contributed by atoms with Gasteiger partial charge in [-0.05, 0) is 18.2 Å². The van der Waals surface area contributed by atoms with Crippen LogP contribution in [0.3, 0.4) is 0 Å². The van der Waals surface area contributed by atoms with E-state index in [1.54, 1.807) is 18.2 Å². The monoisotopic (exact) mass is 672 g/mol. The van der Waals surface area contributed by atoms with Gasteiger partial charge in [0.1, 0.15) is 16.3 Å². The molecule has 1 aliphatic heterocycles. The number of rotatable bonds is 5. The second-order valence-corrected chi connectivity index (χ2v) is 12.9. The molecule has 14 heteroatoms. The summed E-state index contributed by atoms with van der Waals surface area (Å²) in [6.07, 6.45) is 0. The Bertz CT molecular complexity index is 1420. The molecule has 2 aromatic rings. The maximum atomic E-state index is 13.9. The number of alkyl halides is 4. The maximum absolute atomic E-state index is 13.9. The number of ketones is 1. The molecule has 3 aliphatic rings. The summed E-state index contributed by atoms with van der Waals surface area (Å²) in [5.74, 6) is -6.42. The first-order chi connectivity index (χ1) is 17.7. The van der Waals surface area contributed by atoms with E-state index in [-0.39, 0.29) is 31.2 Å².